The van der Waals surface area contributed by atoms with Crippen LogP contribution in [0.2, 0.25) is 0 Å². The number of benzene rings is 3. The summed E-state index contributed by atoms with van der Waals surface area (Å²) >= 11 is 0. The third-order valence-electron chi connectivity index (χ3n) is 5.21. The Labute approximate surface area is 178 Å². The van der Waals surface area contributed by atoms with Gasteiger partial charge in [-0.25, -0.2) is 5.43 Å². The molecule has 0 spiro atoms. The molecule has 1 amide bonds. The molecule has 1 heterocycles. The summed E-state index contributed by atoms with van der Waals surface area (Å²) in [5.74, 6) is -0.373. The molecular formula is C24H20N4O3. The van der Waals surface area contributed by atoms with Crippen LogP contribution in [0.3, 0.4) is 0 Å². The first-order valence-electron chi connectivity index (χ1n) is 9.70. The van der Waals surface area contributed by atoms with Gasteiger partial charge in [0.25, 0.3) is 11.6 Å². The summed E-state index contributed by atoms with van der Waals surface area (Å²) in [6.07, 6.45) is 1.44. The largest absolute Gasteiger partial charge is 0.350 e. The standard InChI is InChI=1S/C24H20N4O3/c1-15-7-10-18(13-16(15)2)22-20-5-3-4-6-21(20)26-23(22)24(29)27-25-14-17-8-11-19(12-9-17)28(30)31/h3-14,26H,1-2H3,(H,27,29). The molecular weight excluding hydrogens is 392 g/mol. The Bertz CT molecular complexity index is 1320. The zero-order valence-corrected chi connectivity index (χ0v) is 17.0. The number of carbonyl (C=O) groups is 1. The SMILES string of the molecule is Cc1ccc(-c2c(C(=O)NN=Cc3ccc([N+](=O)[O-])cc3)[nH]c3ccccc23)cc1C. The van der Waals surface area contributed by atoms with Crippen LogP contribution in [0, 0.1) is 24.0 Å². The molecule has 0 aliphatic carbocycles. The van der Waals surface area contributed by atoms with E-state index < -0.39 is 4.92 Å². The van der Waals surface area contributed by atoms with E-state index in [1.807, 2.05) is 43.3 Å². The van der Waals surface area contributed by atoms with Gasteiger partial charge in [0.15, 0.2) is 0 Å². The molecule has 154 valence electrons. The van der Waals surface area contributed by atoms with Crippen molar-refractivity contribution in [2.24, 2.45) is 5.10 Å². The number of aromatic amines is 1. The van der Waals surface area contributed by atoms with Crippen molar-refractivity contribution in [1.29, 1.82) is 0 Å². The highest BCUT2D eigenvalue weighted by molar-refractivity contribution is 6.09. The second-order valence-corrected chi connectivity index (χ2v) is 7.27. The van der Waals surface area contributed by atoms with Crippen LogP contribution in [0.4, 0.5) is 5.69 Å². The average Bonchev–Trinajstić information content (AvgIpc) is 3.16. The number of non-ortho nitro benzene ring substituents is 1. The number of hydrogen-bond donors (Lipinski definition) is 2. The summed E-state index contributed by atoms with van der Waals surface area (Å²) in [7, 11) is 0. The van der Waals surface area contributed by atoms with Crippen molar-refractivity contribution >= 4 is 28.7 Å². The van der Waals surface area contributed by atoms with Crippen molar-refractivity contribution in [3.8, 4) is 11.1 Å². The number of fused-ring (bicyclic) bond motifs is 1. The first-order chi connectivity index (χ1) is 14.9. The number of nitrogens with one attached hydrogen (secondary N) is 2. The van der Waals surface area contributed by atoms with Gasteiger partial charge in [0.2, 0.25) is 0 Å². The van der Waals surface area contributed by atoms with Gasteiger partial charge in [0.1, 0.15) is 5.69 Å². The molecule has 4 rings (SSSR count). The first kappa shape index (κ1) is 20.0. The van der Waals surface area contributed by atoms with Crippen LogP contribution >= 0.6 is 0 Å². The maximum atomic E-state index is 12.9. The molecule has 0 bridgehead atoms. The highest BCUT2D eigenvalue weighted by Crippen LogP contribution is 2.33. The van der Waals surface area contributed by atoms with E-state index in [2.05, 4.69) is 28.5 Å². The zero-order valence-electron chi connectivity index (χ0n) is 17.0. The van der Waals surface area contributed by atoms with Crippen LogP contribution in [-0.2, 0) is 0 Å². The Hall–Kier alpha value is -4.26. The number of hydrazone groups is 1. The van der Waals surface area contributed by atoms with Crippen molar-refractivity contribution in [2.45, 2.75) is 13.8 Å². The Morgan fingerprint density at radius 1 is 1.03 bits per heavy atom. The fourth-order valence-electron chi connectivity index (χ4n) is 3.41. The number of nitro groups is 1. The molecule has 0 saturated heterocycles. The number of aryl methyl sites for hydroxylation is 2. The Balaban J connectivity index is 1.64. The van der Waals surface area contributed by atoms with E-state index in [1.54, 1.807) is 12.1 Å². The van der Waals surface area contributed by atoms with Crippen molar-refractivity contribution in [2.75, 3.05) is 0 Å². The molecule has 0 aliphatic rings. The van der Waals surface area contributed by atoms with Crippen LogP contribution in [-0.4, -0.2) is 22.0 Å². The minimum atomic E-state index is -0.465. The number of hydrogen-bond acceptors (Lipinski definition) is 4. The number of nitrogens with zero attached hydrogens (tertiary/aromatic N) is 2. The average molecular weight is 412 g/mol. The lowest BCUT2D eigenvalue weighted by Gasteiger charge is -2.07. The van der Waals surface area contributed by atoms with Gasteiger partial charge in [-0.15, -0.1) is 0 Å². The van der Waals surface area contributed by atoms with Gasteiger partial charge >= 0.3 is 0 Å². The highest BCUT2D eigenvalue weighted by Gasteiger charge is 2.19. The van der Waals surface area contributed by atoms with Gasteiger partial charge in [0, 0.05) is 28.6 Å². The monoisotopic (exact) mass is 412 g/mol. The number of rotatable bonds is 5. The fourth-order valence-corrected chi connectivity index (χ4v) is 3.41. The topological polar surface area (TPSA) is 100 Å². The van der Waals surface area contributed by atoms with Crippen LogP contribution in [0.5, 0.6) is 0 Å². The van der Waals surface area contributed by atoms with Crippen LogP contribution < -0.4 is 5.43 Å². The predicted molar refractivity (Wildman–Crippen MR) is 121 cm³/mol. The zero-order chi connectivity index (χ0) is 22.0. The number of H-pyrrole nitrogens is 1. The van der Waals surface area contributed by atoms with E-state index >= 15 is 0 Å². The molecule has 3 aromatic carbocycles. The van der Waals surface area contributed by atoms with E-state index in [9.17, 15) is 14.9 Å². The van der Waals surface area contributed by atoms with E-state index in [0.717, 1.165) is 27.6 Å². The van der Waals surface area contributed by atoms with Gasteiger partial charge in [-0.05, 0) is 54.3 Å². The molecule has 7 heteroatoms. The molecule has 0 radical (unpaired) electrons. The number of para-hydroxylation sites is 1. The number of carbonyl (C=O) groups excluding carboxylic acids is 1. The first-order valence-corrected chi connectivity index (χ1v) is 9.70. The summed E-state index contributed by atoms with van der Waals surface area (Å²) in [5, 5.41) is 15.7. The van der Waals surface area contributed by atoms with Gasteiger partial charge in [-0.1, -0.05) is 36.4 Å². The summed E-state index contributed by atoms with van der Waals surface area (Å²) in [5.41, 5.74) is 8.56. The van der Waals surface area contributed by atoms with Crippen molar-refractivity contribution in [1.82, 2.24) is 10.4 Å². The third kappa shape index (κ3) is 4.06. The summed E-state index contributed by atoms with van der Waals surface area (Å²) < 4.78 is 0. The normalized spacial score (nSPS) is 11.2. The molecule has 0 saturated carbocycles. The Morgan fingerprint density at radius 3 is 2.48 bits per heavy atom. The van der Waals surface area contributed by atoms with Gasteiger partial charge in [-0.2, -0.15) is 5.10 Å². The quantitative estimate of drug-likeness (QED) is 0.270. The maximum absolute atomic E-state index is 12.9. The van der Waals surface area contributed by atoms with E-state index in [0.29, 0.717) is 11.3 Å². The second kappa shape index (κ2) is 8.23. The van der Waals surface area contributed by atoms with E-state index in [-0.39, 0.29) is 11.6 Å². The van der Waals surface area contributed by atoms with Crippen LogP contribution in [0.1, 0.15) is 27.2 Å². The second-order valence-electron chi connectivity index (χ2n) is 7.27. The van der Waals surface area contributed by atoms with E-state index in [4.69, 9.17) is 0 Å². The lowest BCUT2D eigenvalue weighted by atomic mass is 9.98. The highest BCUT2D eigenvalue weighted by atomic mass is 16.6. The van der Waals surface area contributed by atoms with Crippen molar-refractivity contribution in [3.05, 3.63) is 99.2 Å². The number of nitro benzene ring substituents is 1. The summed E-state index contributed by atoms with van der Waals surface area (Å²) in [6, 6.07) is 19.8. The van der Waals surface area contributed by atoms with Crippen molar-refractivity contribution in [3.63, 3.8) is 0 Å². The lowest BCUT2D eigenvalue weighted by Crippen LogP contribution is -2.18. The van der Waals surface area contributed by atoms with Gasteiger partial charge in [-0.3, -0.25) is 14.9 Å². The van der Waals surface area contributed by atoms with E-state index in [1.165, 1.54) is 23.9 Å². The molecule has 0 aliphatic heterocycles. The number of aromatic nitrogens is 1. The fraction of sp³-hybridized carbons (Fsp3) is 0.0833. The molecule has 0 unspecified atom stereocenters. The molecule has 7 nitrogen and oxygen atoms in total. The Kier molecular flexibility index (Phi) is 5.32. The smallest absolute Gasteiger partial charge is 0.288 e. The summed E-state index contributed by atoms with van der Waals surface area (Å²) in [6.45, 7) is 4.09. The Morgan fingerprint density at radius 2 is 1.77 bits per heavy atom. The van der Waals surface area contributed by atoms with Gasteiger partial charge in [0.05, 0.1) is 11.1 Å². The predicted octanol–water partition coefficient (Wildman–Crippen LogP) is 5.12. The molecule has 31 heavy (non-hydrogen) atoms. The van der Waals surface area contributed by atoms with Crippen LogP contribution in [0.25, 0.3) is 22.0 Å². The number of amides is 1. The minimum Gasteiger partial charge on any atom is -0.350 e. The lowest BCUT2D eigenvalue weighted by molar-refractivity contribution is -0.384. The van der Waals surface area contributed by atoms with Crippen LogP contribution in [0.15, 0.2) is 71.8 Å². The minimum absolute atomic E-state index is 0.00251. The molecule has 4 aromatic rings. The molecule has 1 aromatic heterocycles. The molecule has 2 N–H and O–H groups in total. The van der Waals surface area contributed by atoms with Crippen molar-refractivity contribution < 1.29 is 9.72 Å². The molecule has 0 atom stereocenters. The third-order valence-corrected chi connectivity index (χ3v) is 5.21. The van der Waals surface area contributed by atoms with Gasteiger partial charge < -0.3 is 4.98 Å². The maximum Gasteiger partial charge on any atom is 0.288 e. The summed E-state index contributed by atoms with van der Waals surface area (Å²) in [4.78, 5) is 26.4. The molecule has 0 fully saturated rings.